The van der Waals surface area contributed by atoms with Crippen molar-refractivity contribution < 1.29 is 18.3 Å². The highest BCUT2D eigenvalue weighted by molar-refractivity contribution is 7.94. The molecule has 9 heteroatoms. The molecule has 108 valence electrons. The molecule has 0 fully saturated rings. The standard InChI is InChI=1S/C12H9N3O4S2/c16-12(17)10-4-5-11(20-10)21(18,19)15-9-3-1-2-8-7(9)6-13-14-8/h1-6,15H,(H,13,14)(H,16,17). The van der Waals surface area contributed by atoms with Crippen LogP contribution in [-0.4, -0.2) is 29.7 Å². The lowest BCUT2D eigenvalue weighted by molar-refractivity contribution is 0.0702. The lowest BCUT2D eigenvalue weighted by atomic mass is 10.2. The number of thiophene rings is 1. The summed E-state index contributed by atoms with van der Waals surface area (Å²) in [4.78, 5) is 10.8. The normalized spacial score (nSPS) is 11.6. The molecule has 0 bridgehead atoms. The van der Waals surface area contributed by atoms with Gasteiger partial charge in [0.2, 0.25) is 0 Å². The third-order valence-electron chi connectivity index (χ3n) is 2.79. The second kappa shape index (κ2) is 4.86. The minimum atomic E-state index is -3.83. The van der Waals surface area contributed by atoms with Gasteiger partial charge in [0, 0.05) is 5.39 Å². The van der Waals surface area contributed by atoms with Crippen LogP contribution in [-0.2, 0) is 10.0 Å². The van der Waals surface area contributed by atoms with Crippen molar-refractivity contribution >= 4 is 43.9 Å². The molecular weight excluding hydrogens is 314 g/mol. The summed E-state index contributed by atoms with van der Waals surface area (Å²) < 4.78 is 26.9. The van der Waals surface area contributed by atoms with Crippen LogP contribution in [0.3, 0.4) is 0 Å². The number of nitrogens with one attached hydrogen (secondary N) is 2. The fraction of sp³-hybridized carbons (Fsp3) is 0. The van der Waals surface area contributed by atoms with E-state index >= 15 is 0 Å². The monoisotopic (exact) mass is 323 g/mol. The highest BCUT2D eigenvalue weighted by Gasteiger charge is 2.20. The van der Waals surface area contributed by atoms with E-state index in [1.54, 1.807) is 18.2 Å². The summed E-state index contributed by atoms with van der Waals surface area (Å²) in [5.41, 5.74) is 1.08. The quantitative estimate of drug-likeness (QED) is 0.681. The number of sulfonamides is 1. The number of rotatable bonds is 4. The predicted molar refractivity (Wildman–Crippen MR) is 78.2 cm³/mol. The van der Waals surface area contributed by atoms with Gasteiger partial charge < -0.3 is 5.11 Å². The van der Waals surface area contributed by atoms with Crippen LogP contribution in [0.4, 0.5) is 5.69 Å². The molecular formula is C12H9N3O4S2. The molecule has 0 saturated heterocycles. The topological polar surface area (TPSA) is 112 Å². The maximum atomic E-state index is 12.3. The Morgan fingerprint density at radius 1 is 1.29 bits per heavy atom. The van der Waals surface area contributed by atoms with E-state index < -0.39 is 16.0 Å². The number of aromatic nitrogens is 2. The summed E-state index contributed by atoms with van der Waals surface area (Å²) in [5, 5.41) is 16.1. The minimum Gasteiger partial charge on any atom is -0.477 e. The number of hydrogen-bond donors (Lipinski definition) is 3. The van der Waals surface area contributed by atoms with Gasteiger partial charge in [-0.25, -0.2) is 13.2 Å². The number of aromatic amines is 1. The molecule has 3 N–H and O–H groups in total. The van der Waals surface area contributed by atoms with Crippen LogP contribution >= 0.6 is 11.3 Å². The van der Waals surface area contributed by atoms with Crippen molar-refractivity contribution in [1.29, 1.82) is 0 Å². The molecule has 0 aliphatic rings. The van der Waals surface area contributed by atoms with Crippen molar-refractivity contribution in [2.75, 3.05) is 4.72 Å². The van der Waals surface area contributed by atoms with Gasteiger partial charge in [0.25, 0.3) is 10.0 Å². The molecule has 0 radical (unpaired) electrons. The third-order valence-corrected chi connectivity index (χ3v) is 5.72. The molecule has 0 aliphatic carbocycles. The maximum absolute atomic E-state index is 12.3. The van der Waals surface area contributed by atoms with E-state index in [-0.39, 0.29) is 9.09 Å². The van der Waals surface area contributed by atoms with Gasteiger partial charge in [0.15, 0.2) is 0 Å². The van der Waals surface area contributed by atoms with Crippen LogP contribution in [0.5, 0.6) is 0 Å². The van der Waals surface area contributed by atoms with Crippen LogP contribution in [0.15, 0.2) is 40.7 Å². The molecule has 7 nitrogen and oxygen atoms in total. The van der Waals surface area contributed by atoms with Gasteiger partial charge in [-0.1, -0.05) is 6.07 Å². The Morgan fingerprint density at radius 2 is 2.10 bits per heavy atom. The number of fused-ring (bicyclic) bond motifs is 1. The zero-order chi connectivity index (χ0) is 15.0. The molecule has 2 aromatic heterocycles. The average molecular weight is 323 g/mol. The molecule has 0 spiro atoms. The van der Waals surface area contributed by atoms with Crippen LogP contribution in [0.1, 0.15) is 9.67 Å². The summed E-state index contributed by atoms with van der Waals surface area (Å²) in [7, 11) is -3.83. The molecule has 0 amide bonds. The van der Waals surface area contributed by atoms with Crippen LogP contribution in [0, 0.1) is 0 Å². The largest absolute Gasteiger partial charge is 0.477 e. The van der Waals surface area contributed by atoms with E-state index in [0.717, 1.165) is 0 Å². The van der Waals surface area contributed by atoms with Crippen molar-refractivity contribution in [3.63, 3.8) is 0 Å². The minimum absolute atomic E-state index is 0.0307. The zero-order valence-corrected chi connectivity index (χ0v) is 12.0. The molecule has 21 heavy (non-hydrogen) atoms. The molecule has 2 heterocycles. The molecule has 0 unspecified atom stereocenters. The Bertz CT molecular complexity index is 927. The number of carbonyl (C=O) groups is 1. The second-order valence-electron chi connectivity index (χ2n) is 4.17. The number of carboxylic acids is 1. The Hall–Kier alpha value is -2.39. The van der Waals surface area contributed by atoms with Gasteiger partial charge in [-0.15, -0.1) is 11.3 Å². The average Bonchev–Trinajstić information content (AvgIpc) is 3.08. The van der Waals surface area contributed by atoms with Crippen LogP contribution in [0.25, 0.3) is 10.9 Å². The first-order valence-electron chi connectivity index (χ1n) is 5.75. The van der Waals surface area contributed by atoms with Gasteiger partial charge in [0.1, 0.15) is 9.09 Å². The highest BCUT2D eigenvalue weighted by Crippen LogP contribution is 2.27. The first-order chi connectivity index (χ1) is 9.97. The van der Waals surface area contributed by atoms with E-state index in [4.69, 9.17) is 5.11 Å². The SMILES string of the molecule is O=C(O)c1ccc(S(=O)(=O)Nc2cccc3[nH]ncc23)s1. The van der Waals surface area contributed by atoms with Gasteiger partial charge in [-0.3, -0.25) is 9.82 Å². The first-order valence-corrected chi connectivity index (χ1v) is 8.05. The number of hydrogen-bond acceptors (Lipinski definition) is 5. The Kier molecular flexibility index (Phi) is 3.15. The van der Waals surface area contributed by atoms with Crippen LogP contribution in [0.2, 0.25) is 0 Å². The summed E-state index contributed by atoms with van der Waals surface area (Å²) in [6, 6.07) is 7.61. The third kappa shape index (κ3) is 2.48. The highest BCUT2D eigenvalue weighted by atomic mass is 32.2. The van der Waals surface area contributed by atoms with E-state index in [0.29, 0.717) is 27.9 Å². The molecule has 0 atom stereocenters. The maximum Gasteiger partial charge on any atom is 0.345 e. The van der Waals surface area contributed by atoms with Gasteiger partial charge in [0.05, 0.1) is 17.4 Å². The van der Waals surface area contributed by atoms with Crippen molar-refractivity contribution in [3.8, 4) is 0 Å². The van der Waals surface area contributed by atoms with E-state index in [1.165, 1.54) is 18.3 Å². The summed E-state index contributed by atoms with van der Waals surface area (Å²) >= 11 is 0.701. The fourth-order valence-corrected chi connectivity index (χ4v) is 4.06. The second-order valence-corrected chi connectivity index (χ2v) is 7.16. The van der Waals surface area contributed by atoms with E-state index in [1.807, 2.05) is 0 Å². The van der Waals surface area contributed by atoms with Crippen molar-refractivity contribution in [2.24, 2.45) is 0 Å². The first kappa shape index (κ1) is 13.6. The molecule has 3 rings (SSSR count). The summed E-state index contributed by atoms with van der Waals surface area (Å²) in [6.45, 7) is 0. The van der Waals surface area contributed by atoms with E-state index in [2.05, 4.69) is 14.9 Å². The molecule has 1 aromatic carbocycles. The number of anilines is 1. The lowest BCUT2D eigenvalue weighted by Crippen LogP contribution is -2.11. The number of nitrogens with zero attached hydrogens (tertiary/aromatic N) is 1. The fourth-order valence-electron chi connectivity index (χ4n) is 1.83. The van der Waals surface area contributed by atoms with Crippen molar-refractivity contribution in [2.45, 2.75) is 4.21 Å². The van der Waals surface area contributed by atoms with Gasteiger partial charge >= 0.3 is 5.97 Å². The summed E-state index contributed by atoms with van der Waals surface area (Å²) in [6.07, 6.45) is 1.52. The summed E-state index contributed by atoms with van der Waals surface area (Å²) in [5.74, 6) is -1.15. The van der Waals surface area contributed by atoms with Gasteiger partial charge in [-0.05, 0) is 24.3 Å². The Morgan fingerprint density at radius 3 is 2.81 bits per heavy atom. The van der Waals surface area contributed by atoms with Crippen molar-refractivity contribution in [1.82, 2.24) is 10.2 Å². The van der Waals surface area contributed by atoms with Crippen LogP contribution < -0.4 is 4.72 Å². The Labute approximate surface area is 123 Å². The molecule has 0 saturated carbocycles. The molecule has 0 aliphatic heterocycles. The number of carboxylic acid groups (broad SMARTS) is 1. The Balaban J connectivity index is 1.99. The predicted octanol–water partition coefficient (Wildman–Crippen LogP) is 2.12. The number of aromatic carboxylic acids is 1. The molecule has 3 aromatic rings. The smallest absolute Gasteiger partial charge is 0.345 e. The lowest BCUT2D eigenvalue weighted by Gasteiger charge is -2.06. The van der Waals surface area contributed by atoms with E-state index in [9.17, 15) is 13.2 Å². The number of benzene rings is 1. The zero-order valence-electron chi connectivity index (χ0n) is 10.4. The van der Waals surface area contributed by atoms with Gasteiger partial charge in [-0.2, -0.15) is 5.10 Å². The van der Waals surface area contributed by atoms with Crippen molar-refractivity contribution in [3.05, 3.63) is 41.4 Å². The number of H-pyrrole nitrogens is 1.